The molecule has 0 aliphatic rings. The molecule has 6 nitrogen and oxygen atoms in total. The van der Waals surface area contributed by atoms with Crippen LogP contribution in [0.1, 0.15) is 34.8 Å². The van der Waals surface area contributed by atoms with Crippen molar-refractivity contribution in [2.75, 3.05) is 13.1 Å². The van der Waals surface area contributed by atoms with Crippen LogP contribution in [0.4, 0.5) is 0 Å². The Labute approximate surface area is 91.4 Å². The van der Waals surface area contributed by atoms with Crippen molar-refractivity contribution in [1.82, 2.24) is 19.4 Å². The predicted octanol–water partition coefficient (Wildman–Crippen LogP) is 0.0375. The van der Waals surface area contributed by atoms with Gasteiger partial charge in [0.1, 0.15) is 0 Å². The van der Waals surface area contributed by atoms with Crippen molar-refractivity contribution < 1.29 is 9.59 Å². The van der Waals surface area contributed by atoms with Gasteiger partial charge in [0.05, 0.1) is 11.7 Å². The number of carbonyl (C=O) groups excluding carboxylic acids is 2. The second-order valence-corrected chi connectivity index (χ2v) is 3.21. The van der Waals surface area contributed by atoms with Crippen molar-refractivity contribution in [2.24, 2.45) is 0 Å². The quantitative estimate of drug-likeness (QED) is 0.762. The Balaban J connectivity index is 2.86. The minimum atomic E-state index is -0.368. The fourth-order valence-corrected chi connectivity index (χ4v) is 1.52. The van der Waals surface area contributed by atoms with E-state index in [0.29, 0.717) is 13.1 Å². The van der Waals surface area contributed by atoms with Crippen molar-refractivity contribution in [3.63, 3.8) is 0 Å². The molecular weight excluding hydrogens is 216 g/mol. The minimum Gasteiger partial charge on any atom is -0.351 e. The molecular formula is C8H12N4O2S. The van der Waals surface area contributed by atoms with Crippen LogP contribution in [0.2, 0.25) is 0 Å². The van der Waals surface area contributed by atoms with E-state index in [4.69, 9.17) is 0 Å². The molecule has 0 aliphatic heterocycles. The van der Waals surface area contributed by atoms with E-state index in [2.05, 4.69) is 19.4 Å². The number of hydrogen-bond donors (Lipinski definition) is 2. The maximum atomic E-state index is 11.4. The van der Waals surface area contributed by atoms with Gasteiger partial charge in [-0.05, 0) is 13.8 Å². The highest BCUT2D eigenvalue weighted by Gasteiger charge is 2.21. The van der Waals surface area contributed by atoms with Crippen molar-refractivity contribution in [1.29, 1.82) is 0 Å². The lowest BCUT2D eigenvalue weighted by atomic mass is 10.3. The molecule has 0 radical (unpaired) electrons. The average molecular weight is 228 g/mol. The van der Waals surface area contributed by atoms with Crippen molar-refractivity contribution in [3.8, 4) is 0 Å². The number of amides is 2. The lowest BCUT2D eigenvalue weighted by molar-refractivity contribution is 0.0916. The summed E-state index contributed by atoms with van der Waals surface area (Å²) in [6.45, 7) is 4.57. The lowest BCUT2D eigenvalue weighted by Gasteiger charge is -2.01. The third kappa shape index (κ3) is 2.72. The zero-order valence-corrected chi connectivity index (χ0v) is 9.35. The van der Waals surface area contributed by atoms with E-state index in [9.17, 15) is 9.59 Å². The lowest BCUT2D eigenvalue weighted by Crippen LogP contribution is -2.29. The normalized spacial score (nSPS) is 9.73. The Kier molecular flexibility index (Phi) is 4.17. The van der Waals surface area contributed by atoms with Gasteiger partial charge < -0.3 is 10.6 Å². The highest BCUT2D eigenvalue weighted by molar-refractivity contribution is 6.99. The molecule has 1 aromatic heterocycles. The largest absolute Gasteiger partial charge is 0.351 e. The van der Waals surface area contributed by atoms with Gasteiger partial charge in [0, 0.05) is 13.1 Å². The van der Waals surface area contributed by atoms with Gasteiger partial charge in [-0.2, -0.15) is 8.75 Å². The van der Waals surface area contributed by atoms with E-state index >= 15 is 0 Å². The fraction of sp³-hybridized carbons (Fsp3) is 0.500. The van der Waals surface area contributed by atoms with Crippen LogP contribution in [0.25, 0.3) is 0 Å². The summed E-state index contributed by atoms with van der Waals surface area (Å²) >= 11 is 0.853. The Morgan fingerprint density at radius 3 is 1.80 bits per heavy atom. The first kappa shape index (κ1) is 11.6. The van der Waals surface area contributed by atoms with E-state index < -0.39 is 0 Å². The summed E-state index contributed by atoms with van der Waals surface area (Å²) in [6.07, 6.45) is 0. The molecule has 1 aromatic rings. The second-order valence-electron chi connectivity index (χ2n) is 2.68. The number of nitrogens with one attached hydrogen (secondary N) is 2. The summed E-state index contributed by atoms with van der Waals surface area (Å²) in [4.78, 5) is 22.9. The zero-order valence-electron chi connectivity index (χ0n) is 8.53. The number of nitrogens with zero attached hydrogens (tertiary/aromatic N) is 2. The third-order valence-corrected chi connectivity index (χ3v) is 2.12. The van der Waals surface area contributed by atoms with Crippen molar-refractivity contribution in [3.05, 3.63) is 11.4 Å². The first-order valence-corrected chi connectivity index (χ1v) is 5.32. The maximum absolute atomic E-state index is 11.4. The van der Waals surface area contributed by atoms with Gasteiger partial charge in [0.25, 0.3) is 11.8 Å². The van der Waals surface area contributed by atoms with Crippen LogP contribution in [0.3, 0.4) is 0 Å². The van der Waals surface area contributed by atoms with Gasteiger partial charge in [-0.15, -0.1) is 0 Å². The molecule has 1 rings (SSSR count). The maximum Gasteiger partial charge on any atom is 0.273 e. The Morgan fingerprint density at radius 1 is 1.07 bits per heavy atom. The summed E-state index contributed by atoms with van der Waals surface area (Å²) in [6, 6.07) is 0. The fourth-order valence-electron chi connectivity index (χ4n) is 0.975. The molecule has 0 saturated heterocycles. The van der Waals surface area contributed by atoms with E-state index in [1.165, 1.54) is 0 Å². The van der Waals surface area contributed by atoms with Gasteiger partial charge in [-0.25, -0.2) is 0 Å². The van der Waals surface area contributed by atoms with E-state index in [0.717, 1.165) is 11.7 Å². The number of hydrogen-bond acceptors (Lipinski definition) is 5. The topological polar surface area (TPSA) is 84.0 Å². The van der Waals surface area contributed by atoms with E-state index in [1.54, 1.807) is 13.8 Å². The van der Waals surface area contributed by atoms with E-state index in [1.807, 2.05) is 0 Å². The SMILES string of the molecule is CCNC(=O)c1nsnc1C(=O)NCC. The third-order valence-electron chi connectivity index (χ3n) is 1.59. The van der Waals surface area contributed by atoms with Crippen LogP contribution < -0.4 is 10.6 Å². The number of carbonyl (C=O) groups is 2. The monoisotopic (exact) mass is 228 g/mol. The Morgan fingerprint density at radius 2 is 1.47 bits per heavy atom. The van der Waals surface area contributed by atoms with Crippen LogP contribution in [0.15, 0.2) is 0 Å². The highest BCUT2D eigenvalue weighted by atomic mass is 32.1. The van der Waals surface area contributed by atoms with Crippen LogP contribution in [0.5, 0.6) is 0 Å². The number of aromatic nitrogens is 2. The molecule has 1 heterocycles. The molecule has 0 atom stereocenters. The molecule has 0 unspecified atom stereocenters. The molecule has 2 N–H and O–H groups in total. The summed E-state index contributed by atoms with van der Waals surface area (Å²) in [5.74, 6) is -0.736. The molecule has 2 amide bonds. The standard InChI is InChI=1S/C8H12N4O2S/c1-3-9-7(13)5-6(12-15-11-5)8(14)10-4-2/h3-4H2,1-2H3,(H,9,13)(H,10,14). The molecule has 0 saturated carbocycles. The molecule has 7 heteroatoms. The summed E-state index contributed by atoms with van der Waals surface area (Å²) in [5.41, 5.74) is 0.181. The molecule has 0 aromatic carbocycles. The van der Waals surface area contributed by atoms with Gasteiger partial charge in [-0.3, -0.25) is 9.59 Å². The smallest absolute Gasteiger partial charge is 0.273 e. The molecule has 0 spiro atoms. The Hall–Kier alpha value is -1.50. The van der Waals surface area contributed by atoms with Crippen LogP contribution in [-0.4, -0.2) is 33.7 Å². The highest BCUT2D eigenvalue weighted by Crippen LogP contribution is 2.05. The molecule has 15 heavy (non-hydrogen) atoms. The molecule has 0 aliphatic carbocycles. The zero-order chi connectivity index (χ0) is 11.3. The molecule has 0 bridgehead atoms. The average Bonchev–Trinajstić information content (AvgIpc) is 2.66. The Bertz CT molecular complexity index is 331. The van der Waals surface area contributed by atoms with E-state index in [-0.39, 0.29) is 23.2 Å². The van der Waals surface area contributed by atoms with Crippen LogP contribution in [0, 0.1) is 0 Å². The van der Waals surface area contributed by atoms with Crippen molar-refractivity contribution in [2.45, 2.75) is 13.8 Å². The number of rotatable bonds is 4. The predicted molar refractivity (Wildman–Crippen MR) is 55.9 cm³/mol. The van der Waals surface area contributed by atoms with Crippen LogP contribution >= 0.6 is 11.7 Å². The summed E-state index contributed by atoms with van der Waals surface area (Å²) in [7, 11) is 0. The first-order chi connectivity index (χ1) is 7.20. The summed E-state index contributed by atoms with van der Waals surface area (Å²) < 4.78 is 7.59. The van der Waals surface area contributed by atoms with Gasteiger partial charge in [-0.1, -0.05) is 0 Å². The summed E-state index contributed by atoms with van der Waals surface area (Å²) in [5, 5.41) is 5.14. The minimum absolute atomic E-state index is 0.0906. The molecule has 0 fully saturated rings. The van der Waals surface area contributed by atoms with Gasteiger partial charge >= 0.3 is 0 Å². The van der Waals surface area contributed by atoms with Gasteiger partial charge in [0.2, 0.25) is 0 Å². The van der Waals surface area contributed by atoms with Crippen LogP contribution in [-0.2, 0) is 0 Å². The second kappa shape index (κ2) is 5.40. The van der Waals surface area contributed by atoms with Crippen molar-refractivity contribution >= 4 is 23.5 Å². The molecule has 82 valence electrons. The van der Waals surface area contributed by atoms with Gasteiger partial charge in [0.15, 0.2) is 11.4 Å². The first-order valence-electron chi connectivity index (χ1n) is 4.59.